The number of nitrogens with two attached hydrogens (primary N) is 1. The van der Waals surface area contributed by atoms with Crippen molar-refractivity contribution < 1.29 is 9.47 Å². The lowest BCUT2D eigenvalue weighted by Crippen LogP contribution is -2.42. The van der Waals surface area contributed by atoms with Crippen LogP contribution in [0.4, 0.5) is 0 Å². The number of nitrogens with zero attached hydrogens (tertiary/aromatic N) is 1. The molecule has 1 aromatic carbocycles. The molecule has 0 spiro atoms. The van der Waals surface area contributed by atoms with Crippen molar-refractivity contribution in [2.24, 2.45) is 17.6 Å². The SMILES string of the molecule is CC1CC(C)CN(CC(N)c2ccc3c(c2)OCO3)C1. The van der Waals surface area contributed by atoms with Crippen molar-refractivity contribution in [2.45, 2.75) is 26.3 Å². The van der Waals surface area contributed by atoms with E-state index < -0.39 is 0 Å². The molecular weight excluding hydrogens is 252 g/mol. The Morgan fingerprint density at radius 1 is 1.20 bits per heavy atom. The highest BCUT2D eigenvalue weighted by atomic mass is 16.7. The first kappa shape index (κ1) is 13.7. The van der Waals surface area contributed by atoms with Gasteiger partial charge in [0.15, 0.2) is 11.5 Å². The Morgan fingerprint density at radius 2 is 1.90 bits per heavy atom. The fourth-order valence-electron chi connectivity index (χ4n) is 3.47. The van der Waals surface area contributed by atoms with Gasteiger partial charge in [0.1, 0.15) is 0 Å². The lowest BCUT2D eigenvalue weighted by molar-refractivity contribution is 0.134. The number of hydrogen-bond donors (Lipinski definition) is 1. The normalized spacial score (nSPS) is 27.6. The van der Waals surface area contributed by atoms with Crippen molar-refractivity contribution >= 4 is 0 Å². The molecule has 110 valence electrons. The fraction of sp³-hybridized carbons (Fsp3) is 0.625. The number of benzene rings is 1. The van der Waals surface area contributed by atoms with E-state index in [1.165, 1.54) is 6.42 Å². The number of likely N-dealkylation sites (tertiary alicyclic amines) is 1. The molecule has 4 heteroatoms. The molecule has 1 saturated heterocycles. The number of piperidine rings is 1. The molecule has 0 amide bonds. The minimum absolute atomic E-state index is 0.0296. The van der Waals surface area contributed by atoms with Crippen LogP contribution in [0.5, 0.6) is 11.5 Å². The molecule has 3 unspecified atom stereocenters. The number of ether oxygens (including phenoxy) is 2. The molecule has 4 nitrogen and oxygen atoms in total. The summed E-state index contributed by atoms with van der Waals surface area (Å²) in [5.74, 6) is 3.17. The van der Waals surface area contributed by atoms with Crippen LogP contribution in [0.1, 0.15) is 31.9 Å². The van der Waals surface area contributed by atoms with Gasteiger partial charge < -0.3 is 20.1 Å². The number of hydrogen-bond acceptors (Lipinski definition) is 4. The van der Waals surface area contributed by atoms with Crippen LogP contribution >= 0.6 is 0 Å². The third-order valence-corrected chi connectivity index (χ3v) is 4.22. The number of fused-ring (bicyclic) bond motifs is 1. The van der Waals surface area contributed by atoms with Crippen molar-refractivity contribution in [2.75, 3.05) is 26.4 Å². The molecule has 0 aromatic heterocycles. The second kappa shape index (κ2) is 5.62. The maximum atomic E-state index is 6.37. The third-order valence-electron chi connectivity index (χ3n) is 4.22. The topological polar surface area (TPSA) is 47.7 Å². The summed E-state index contributed by atoms with van der Waals surface area (Å²) < 4.78 is 10.8. The van der Waals surface area contributed by atoms with E-state index in [0.717, 1.165) is 48.5 Å². The van der Waals surface area contributed by atoms with Crippen LogP contribution in [0.2, 0.25) is 0 Å². The Hall–Kier alpha value is -1.26. The number of rotatable bonds is 3. The minimum Gasteiger partial charge on any atom is -0.454 e. The summed E-state index contributed by atoms with van der Waals surface area (Å²) in [6.07, 6.45) is 1.33. The van der Waals surface area contributed by atoms with Gasteiger partial charge in [0.2, 0.25) is 6.79 Å². The maximum absolute atomic E-state index is 6.37. The zero-order valence-electron chi connectivity index (χ0n) is 12.3. The molecule has 2 aliphatic heterocycles. The zero-order valence-corrected chi connectivity index (χ0v) is 12.3. The largest absolute Gasteiger partial charge is 0.454 e. The van der Waals surface area contributed by atoms with Crippen LogP contribution in [-0.4, -0.2) is 31.3 Å². The van der Waals surface area contributed by atoms with Crippen molar-refractivity contribution in [1.82, 2.24) is 4.90 Å². The van der Waals surface area contributed by atoms with E-state index in [1.54, 1.807) is 0 Å². The molecule has 3 rings (SSSR count). The van der Waals surface area contributed by atoms with Gasteiger partial charge in [-0.05, 0) is 36.0 Å². The quantitative estimate of drug-likeness (QED) is 0.921. The average molecular weight is 276 g/mol. The predicted molar refractivity (Wildman–Crippen MR) is 78.9 cm³/mol. The van der Waals surface area contributed by atoms with Crippen molar-refractivity contribution in [3.8, 4) is 11.5 Å². The van der Waals surface area contributed by atoms with E-state index in [-0.39, 0.29) is 6.04 Å². The van der Waals surface area contributed by atoms with Gasteiger partial charge in [-0.3, -0.25) is 0 Å². The van der Waals surface area contributed by atoms with Crippen LogP contribution in [0.3, 0.4) is 0 Å². The van der Waals surface area contributed by atoms with E-state index >= 15 is 0 Å². The molecule has 2 N–H and O–H groups in total. The van der Waals surface area contributed by atoms with Gasteiger partial charge >= 0.3 is 0 Å². The predicted octanol–water partition coefficient (Wildman–Crippen LogP) is 2.39. The molecule has 0 saturated carbocycles. The monoisotopic (exact) mass is 276 g/mol. The summed E-state index contributed by atoms with van der Waals surface area (Å²) in [5.41, 5.74) is 7.50. The van der Waals surface area contributed by atoms with E-state index in [9.17, 15) is 0 Å². The molecule has 0 radical (unpaired) electrons. The highest BCUT2D eigenvalue weighted by molar-refractivity contribution is 5.45. The van der Waals surface area contributed by atoms with Gasteiger partial charge in [-0.1, -0.05) is 19.9 Å². The summed E-state index contributed by atoms with van der Waals surface area (Å²) in [4.78, 5) is 2.49. The van der Waals surface area contributed by atoms with Crippen molar-refractivity contribution in [3.05, 3.63) is 23.8 Å². The molecule has 1 aromatic rings. The molecular formula is C16H24N2O2. The standard InChI is InChI=1S/C16H24N2O2/c1-11-5-12(2)8-18(7-11)9-14(17)13-3-4-15-16(6-13)20-10-19-15/h3-4,6,11-12,14H,5,7-10,17H2,1-2H3. The molecule has 0 bridgehead atoms. The Labute approximate surface area is 120 Å². The van der Waals surface area contributed by atoms with Gasteiger partial charge in [0.25, 0.3) is 0 Å². The summed E-state index contributed by atoms with van der Waals surface area (Å²) in [6, 6.07) is 6.06. The molecule has 2 heterocycles. The highest BCUT2D eigenvalue weighted by Gasteiger charge is 2.24. The molecule has 0 aliphatic carbocycles. The van der Waals surface area contributed by atoms with Gasteiger partial charge in [0, 0.05) is 25.7 Å². The summed E-state index contributed by atoms with van der Waals surface area (Å²) in [6.45, 7) is 8.19. The van der Waals surface area contributed by atoms with E-state index in [2.05, 4.69) is 24.8 Å². The first-order valence-corrected chi connectivity index (χ1v) is 7.49. The summed E-state index contributed by atoms with van der Waals surface area (Å²) in [5, 5.41) is 0. The Kier molecular flexibility index (Phi) is 3.85. The van der Waals surface area contributed by atoms with Crippen LogP contribution in [0.25, 0.3) is 0 Å². The summed E-state index contributed by atoms with van der Waals surface area (Å²) >= 11 is 0. The van der Waals surface area contributed by atoms with E-state index in [0.29, 0.717) is 6.79 Å². The first-order chi connectivity index (χ1) is 9.61. The van der Waals surface area contributed by atoms with Gasteiger partial charge in [-0.15, -0.1) is 0 Å². The lowest BCUT2D eigenvalue weighted by Gasteiger charge is -2.36. The molecule has 3 atom stereocenters. The Balaban J connectivity index is 1.65. The van der Waals surface area contributed by atoms with E-state index in [4.69, 9.17) is 15.2 Å². The second-order valence-corrected chi connectivity index (χ2v) is 6.38. The Morgan fingerprint density at radius 3 is 2.65 bits per heavy atom. The fourth-order valence-corrected chi connectivity index (χ4v) is 3.47. The summed E-state index contributed by atoms with van der Waals surface area (Å²) in [7, 11) is 0. The third kappa shape index (κ3) is 2.91. The van der Waals surface area contributed by atoms with Crippen molar-refractivity contribution in [1.29, 1.82) is 0 Å². The van der Waals surface area contributed by atoms with Gasteiger partial charge in [0.05, 0.1) is 0 Å². The zero-order chi connectivity index (χ0) is 14.1. The molecule has 1 fully saturated rings. The molecule has 2 aliphatic rings. The average Bonchev–Trinajstić information content (AvgIpc) is 2.84. The second-order valence-electron chi connectivity index (χ2n) is 6.38. The van der Waals surface area contributed by atoms with Gasteiger partial charge in [-0.2, -0.15) is 0 Å². The van der Waals surface area contributed by atoms with Crippen molar-refractivity contribution in [3.63, 3.8) is 0 Å². The molecule has 20 heavy (non-hydrogen) atoms. The lowest BCUT2D eigenvalue weighted by atomic mass is 9.91. The first-order valence-electron chi connectivity index (χ1n) is 7.49. The minimum atomic E-state index is 0.0296. The van der Waals surface area contributed by atoms with Crippen LogP contribution in [-0.2, 0) is 0 Å². The smallest absolute Gasteiger partial charge is 0.231 e. The van der Waals surface area contributed by atoms with Crippen LogP contribution in [0, 0.1) is 11.8 Å². The van der Waals surface area contributed by atoms with E-state index in [1.807, 2.05) is 12.1 Å². The maximum Gasteiger partial charge on any atom is 0.231 e. The highest BCUT2D eigenvalue weighted by Crippen LogP contribution is 2.34. The van der Waals surface area contributed by atoms with Crippen LogP contribution < -0.4 is 15.2 Å². The Bertz CT molecular complexity index is 468. The van der Waals surface area contributed by atoms with Gasteiger partial charge in [-0.25, -0.2) is 0 Å². The van der Waals surface area contributed by atoms with Crippen LogP contribution in [0.15, 0.2) is 18.2 Å².